The lowest BCUT2D eigenvalue weighted by atomic mass is 10.2. The summed E-state index contributed by atoms with van der Waals surface area (Å²) in [6.45, 7) is 8.25. The van der Waals surface area contributed by atoms with Gasteiger partial charge in [0.1, 0.15) is 0 Å². The van der Waals surface area contributed by atoms with Gasteiger partial charge in [0, 0.05) is 18.8 Å². The molecule has 0 aliphatic carbocycles. The number of unbranched alkanes of at least 4 members (excludes halogenated alkanes) is 1. The largest absolute Gasteiger partial charge is 0.362 e. The van der Waals surface area contributed by atoms with Crippen molar-refractivity contribution in [2.45, 2.75) is 33.6 Å². The standard InChI is InChI=1S/C14H22N2S/c1-4-6-10-15-14(17)16(5-2)13-9-7-8-12(3)11-13/h7-9,11H,4-6,10H2,1-3H3,(H,15,17). The third-order valence-electron chi connectivity index (χ3n) is 2.68. The molecule has 1 aromatic carbocycles. The molecule has 2 nitrogen and oxygen atoms in total. The highest BCUT2D eigenvalue weighted by Gasteiger charge is 2.09. The first kappa shape index (κ1) is 14.0. The second-order valence-electron chi connectivity index (χ2n) is 4.17. The van der Waals surface area contributed by atoms with Gasteiger partial charge in [0.2, 0.25) is 0 Å². The van der Waals surface area contributed by atoms with E-state index in [2.05, 4.69) is 55.3 Å². The lowest BCUT2D eigenvalue weighted by Crippen LogP contribution is -2.40. The quantitative estimate of drug-likeness (QED) is 0.636. The molecule has 0 saturated heterocycles. The number of nitrogens with zero attached hydrogens (tertiary/aromatic N) is 1. The molecule has 1 aromatic rings. The van der Waals surface area contributed by atoms with E-state index in [0.29, 0.717) is 0 Å². The summed E-state index contributed by atoms with van der Waals surface area (Å²) in [5, 5.41) is 4.14. The summed E-state index contributed by atoms with van der Waals surface area (Å²) in [5.41, 5.74) is 2.43. The first-order valence-corrected chi connectivity index (χ1v) is 6.71. The van der Waals surface area contributed by atoms with Gasteiger partial charge in [-0.2, -0.15) is 0 Å². The molecule has 17 heavy (non-hydrogen) atoms. The van der Waals surface area contributed by atoms with E-state index < -0.39 is 0 Å². The van der Waals surface area contributed by atoms with E-state index in [9.17, 15) is 0 Å². The number of anilines is 1. The lowest BCUT2D eigenvalue weighted by Gasteiger charge is -2.24. The molecule has 0 aliphatic rings. The van der Waals surface area contributed by atoms with Gasteiger partial charge in [-0.3, -0.25) is 0 Å². The number of aryl methyl sites for hydroxylation is 1. The molecule has 3 heteroatoms. The predicted octanol–water partition coefficient (Wildman–Crippen LogP) is 3.50. The molecule has 1 N–H and O–H groups in total. The van der Waals surface area contributed by atoms with E-state index in [1.807, 2.05) is 0 Å². The van der Waals surface area contributed by atoms with Crippen LogP contribution in [-0.2, 0) is 0 Å². The van der Waals surface area contributed by atoms with Crippen LogP contribution in [0.4, 0.5) is 5.69 Å². The molecule has 0 aromatic heterocycles. The first-order chi connectivity index (χ1) is 8.19. The van der Waals surface area contributed by atoms with Crippen LogP contribution in [0.1, 0.15) is 32.3 Å². The number of nitrogens with one attached hydrogen (secondary N) is 1. The summed E-state index contributed by atoms with van der Waals surface area (Å²) in [7, 11) is 0. The van der Waals surface area contributed by atoms with Crippen LogP contribution in [0.5, 0.6) is 0 Å². The summed E-state index contributed by atoms with van der Waals surface area (Å²) in [5.74, 6) is 0. The molecule has 0 unspecified atom stereocenters. The predicted molar refractivity (Wildman–Crippen MR) is 79.7 cm³/mol. The summed E-state index contributed by atoms with van der Waals surface area (Å²) < 4.78 is 0. The topological polar surface area (TPSA) is 15.3 Å². The molecule has 0 radical (unpaired) electrons. The van der Waals surface area contributed by atoms with Gasteiger partial charge in [0.15, 0.2) is 5.11 Å². The highest BCUT2D eigenvalue weighted by molar-refractivity contribution is 7.80. The Hall–Kier alpha value is -1.09. The van der Waals surface area contributed by atoms with Gasteiger partial charge in [0.05, 0.1) is 0 Å². The minimum absolute atomic E-state index is 0.826. The lowest BCUT2D eigenvalue weighted by molar-refractivity contribution is 0.751. The van der Waals surface area contributed by atoms with Gasteiger partial charge in [-0.25, -0.2) is 0 Å². The molecule has 0 spiro atoms. The second-order valence-corrected chi connectivity index (χ2v) is 4.56. The molecule has 0 amide bonds. The average molecular weight is 250 g/mol. The number of hydrogen-bond acceptors (Lipinski definition) is 1. The van der Waals surface area contributed by atoms with Crippen LogP contribution < -0.4 is 10.2 Å². The second kappa shape index (κ2) is 7.28. The Kier molecular flexibility index (Phi) is 5.98. The molecular formula is C14H22N2S. The molecular weight excluding hydrogens is 228 g/mol. The molecule has 0 fully saturated rings. The Morgan fingerprint density at radius 1 is 1.35 bits per heavy atom. The molecule has 94 valence electrons. The van der Waals surface area contributed by atoms with Crippen LogP contribution in [-0.4, -0.2) is 18.2 Å². The monoisotopic (exact) mass is 250 g/mol. The highest BCUT2D eigenvalue weighted by Crippen LogP contribution is 2.15. The van der Waals surface area contributed by atoms with Crippen LogP contribution in [0.15, 0.2) is 24.3 Å². The number of thiocarbonyl (C=S) groups is 1. The van der Waals surface area contributed by atoms with Crippen LogP contribution in [0.2, 0.25) is 0 Å². The Morgan fingerprint density at radius 2 is 2.12 bits per heavy atom. The van der Waals surface area contributed by atoms with Crippen molar-refractivity contribution >= 4 is 23.0 Å². The fourth-order valence-electron chi connectivity index (χ4n) is 1.71. The van der Waals surface area contributed by atoms with E-state index in [1.54, 1.807) is 0 Å². The Bertz CT molecular complexity index is 363. The van der Waals surface area contributed by atoms with Crippen molar-refractivity contribution in [1.82, 2.24) is 5.32 Å². The molecule has 0 heterocycles. The van der Waals surface area contributed by atoms with Gasteiger partial charge in [-0.1, -0.05) is 25.5 Å². The van der Waals surface area contributed by atoms with Gasteiger partial charge in [-0.05, 0) is 50.2 Å². The van der Waals surface area contributed by atoms with Crippen molar-refractivity contribution in [2.75, 3.05) is 18.0 Å². The number of benzene rings is 1. The third-order valence-corrected chi connectivity index (χ3v) is 3.05. The van der Waals surface area contributed by atoms with Crippen LogP contribution in [0, 0.1) is 6.92 Å². The Labute approximate surface area is 110 Å². The summed E-state index contributed by atoms with van der Waals surface area (Å²) in [4.78, 5) is 2.14. The molecule has 0 atom stereocenters. The minimum atomic E-state index is 0.826. The van der Waals surface area contributed by atoms with E-state index in [4.69, 9.17) is 12.2 Å². The van der Waals surface area contributed by atoms with E-state index in [-0.39, 0.29) is 0 Å². The zero-order chi connectivity index (χ0) is 12.7. The minimum Gasteiger partial charge on any atom is -0.362 e. The molecule has 1 rings (SSSR count). The van der Waals surface area contributed by atoms with E-state index >= 15 is 0 Å². The van der Waals surface area contributed by atoms with Crippen molar-refractivity contribution in [2.24, 2.45) is 0 Å². The number of hydrogen-bond donors (Lipinski definition) is 1. The molecule has 0 saturated carbocycles. The van der Waals surface area contributed by atoms with Crippen molar-refractivity contribution < 1.29 is 0 Å². The highest BCUT2D eigenvalue weighted by atomic mass is 32.1. The van der Waals surface area contributed by atoms with Gasteiger partial charge >= 0.3 is 0 Å². The van der Waals surface area contributed by atoms with Crippen molar-refractivity contribution in [3.05, 3.63) is 29.8 Å². The zero-order valence-electron chi connectivity index (χ0n) is 11.0. The fraction of sp³-hybridized carbons (Fsp3) is 0.500. The maximum atomic E-state index is 5.43. The van der Waals surface area contributed by atoms with Crippen molar-refractivity contribution in [3.63, 3.8) is 0 Å². The van der Waals surface area contributed by atoms with Crippen LogP contribution in [0.3, 0.4) is 0 Å². The average Bonchev–Trinajstić information content (AvgIpc) is 2.30. The SMILES string of the molecule is CCCCNC(=S)N(CC)c1cccc(C)c1. The van der Waals surface area contributed by atoms with Gasteiger partial charge in [0.25, 0.3) is 0 Å². The Morgan fingerprint density at radius 3 is 2.71 bits per heavy atom. The van der Waals surface area contributed by atoms with Crippen LogP contribution in [0.25, 0.3) is 0 Å². The number of rotatable bonds is 5. The smallest absolute Gasteiger partial charge is 0.173 e. The fourth-order valence-corrected chi connectivity index (χ4v) is 2.04. The van der Waals surface area contributed by atoms with Crippen LogP contribution >= 0.6 is 12.2 Å². The first-order valence-electron chi connectivity index (χ1n) is 6.31. The maximum Gasteiger partial charge on any atom is 0.173 e. The van der Waals surface area contributed by atoms with Crippen molar-refractivity contribution in [3.8, 4) is 0 Å². The molecule has 0 bridgehead atoms. The van der Waals surface area contributed by atoms with Crippen molar-refractivity contribution in [1.29, 1.82) is 0 Å². The van der Waals surface area contributed by atoms with Gasteiger partial charge < -0.3 is 10.2 Å². The normalized spacial score (nSPS) is 10.1. The summed E-state index contributed by atoms with van der Waals surface area (Å²) in [6, 6.07) is 8.44. The summed E-state index contributed by atoms with van der Waals surface area (Å²) >= 11 is 5.43. The zero-order valence-corrected chi connectivity index (χ0v) is 11.8. The van der Waals surface area contributed by atoms with E-state index in [1.165, 1.54) is 17.7 Å². The summed E-state index contributed by atoms with van der Waals surface area (Å²) in [6.07, 6.45) is 2.34. The third kappa shape index (κ3) is 4.35. The Balaban J connectivity index is 2.67. The van der Waals surface area contributed by atoms with E-state index in [0.717, 1.165) is 24.6 Å². The maximum absolute atomic E-state index is 5.43. The molecule has 0 aliphatic heterocycles. The van der Waals surface area contributed by atoms with Gasteiger partial charge in [-0.15, -0.1) is 0 Å².